The van der Waals surface area contributed by atoms with Gasteiger partial charge in [-0.15, -0.1) is 0 Å². The maximum atomic E-state index is 6.34. The van der Waals surface area contributed by atoms with Crippen molar-refractivity contribution in [3.8, 4) is 11.3 Å². The lowest BCUT2D eigenvalue weighted by Gasteiger charge is -2.17. The summed E-state index contributed by atoms with van der Waals surface area (Å²) in [6, 6.07) is 18.6. The lowest BCUT2D eigenvalue weighted by atomic mass is 10.1. The molecule has 0 radical (unpaired) electrons. The third kappa shape index (κ3) is 5.69. The lowest BCUT2D eigenvalue weighted by molar-refractivity contribution is 0.453. The number of imidazole rings is 1. The minimum absolute atomic E-state index is 0.207. The highest BCUT2D eigenvalue weighted by atomic mass is 35.5. The molecule has 0 aliphatic carbocycles. The molecule has 2 aromatic carbocycles. The molecule has 27 heavy (non-hydrogen) atoms. The van der Waals surface area contributed by atoms with E-state index in [0.717, 1.165) is 35.1 Å². The second-order valence-corrected chi connectivity index (χ2v) is 7.33. The SMILES string of the molecule is CCCCCCC(NCc1ccccc1)c1nc(-c2ccccc2Cl)c[nH]1. The van der Waals surface area contributed by atoms with Crippen molar-refractivity contribution < 1.29 is 0 Å². The number of unbranched alkanes of at least 4 members (excludes halogenated alkanes) is 3. The van der Waals surface area contributed by atoms with Crippen LogP contribution in [0.2, 0.25) is 5.02 Å². The van der Waals surface area contributed by atoms with E-state index in [1.54, 1.807) is 0 Å². The molecule has 0 amide bonds. The largest absolute Gasteiger partial charge is 0.347 e. The number of aromatic nitrogens is 2. The van der Waals surface area contributed by atoms with Gasteiger partial charge in [-0.25, -0.2) is 4.98 Å². The zero-order valence-electron chi connectivity index (χ0n) is 15.9. The van der Waals surface area contributed by atoms with Crippen LogP contribution in [0.25, 0.3) is 11.3 Å². The fourth-order valence-electron chi connectivity index (χ4n) is 3.27. The lowest BCUT2D eigenvalue weighted by Crippen LogP contribution is -2.22. The summed E-state index contributed by atoms with van der Waals surface area (Å²) in [5.74, 6) is 0.984. The Balaban J connectivity index is 1.72. The molecule has 1 heterocycles. The molecule has 1 atom stereocenters. The maximum Gasteiger partial charge on any atom is 0.124 e. The van der Waals surface area contributed by atoms with Crippen LogP contribution in [0.1, 0.15) is 56.5 Å². The molecule has 0 spiro atoms. The monoisotopic (exact) mass is 381 g/mol. The number of halogens is 1. The average molecular weight is 382 g/mol. The Kier molecular flexibility index (Phi) is 7.49. The van der Waals surface area contributed by atoms with Gasteiger partial charge in [0.1, 0.15) is 5.82 Å². The second kappa shape index (κ2) is 10.3. The number of nitrogens with one attached hydrogen (secondary N) is 2. The molecular weight excluding hydrogens is 354 g/mol. The molecular formula is C23H28ClN3. The van der Waals surface area contributed by atoms with Gasteiger partial charge in [0.15, 0.2) is 0 Å². The summed E-state index contributed by atoms with van der Waals surface area (Å²) in [6.07, 6.45) is 8.02. The predicted octanol–water partition coefficient (Wildman–Crippen LogP) is 6.53. The van der Waals surface area contributed by atoms with Gasteiger partial charge in [0.05, 0.1) is 16.8 Å². The van der Waals surface area contributed by atoms with Gasteiger partial charge in [-0.2, -0.15) is 0 Å². The number of hydrogen-bond donors (Lipinski definition) is 2. The molecule has 1 unspecified atom stereocenters. The van der Waals surface area contributed by atoms with E-state index in [1.807, 2.05) is 36.5 Å². The molecule has 0 saturated heterocycles. The third-order valence-electron chi connectivity index (χ3n) is 4.82. The average Bonchev–Trinajstić information content (AvgIpc) is 3.18. The van der Waals surface area contributed by atoms with Crippen molar-refractivity contribution in [1.82, 2.24) is 15.3 Å². The van der Waals surface area contributed by atoms with Crippen molar-refractivity contribution in [3.63, 3.8) is 0 Å². The smallest absolute Gasteiger partial charge is 0.124 e. The van der Waals surface area contributed by atoms with Crippen LogP contribution >= 0.6 is 11.6 Å². The first-order valence-corrected chi connectivity index (χ1v) is 10.2. The van der Waals surface area contributed by atoms with Crippen molar-refractivity contribution in [2.45, 2.75) is 51.6 Å². The highest BCUT2D eigenvalue weighted by Gasteiger charge is 2.16. The highest BCUT2D eigenvalue weighted by Crippen LogP contribution is 2.28. The number of hydrogen-bond acceptors (Lipinski definition) is 2. The topological polar surface area (TPSA) is 40.7 Å². The van der Waals surface area contributed by atoms with Crippen LogP contribution in [0.15, 0.2) is 60.8 Å². The van der Waals surface area contributed by atoms with Crippen LogP contribution in [-0.2, 0) is 6.54 Å². The van der Waals surface area contributed by atoms with Crippen LogP contribution in [0.5, 0.6) is 0 Å². The minimum atomic E-state index is 0.207. The Bertz CT molecular complexity index is 813. The van der Waals surface area contributed by atoms with Gasteiger partial charge in [0.25, 0.3) is 0 Å². The van der Waals surface area contributed by atoms with E-state index in [2.05, 4.69) is 41.5 Å². The van der Waals surface area contributed by atoms with Crippen LogP contribution < -0.4 is 5.32 Å². The molecule has 3 aromatic rings. The molecule has 0 fully saturated rings. The molecule has 3 nitrogen and oxygen atoms in total. The number of rotatable bonds is 10. The maximum absolute atomic E-state index is 6.34. The molecule has 0 aliphatic heterocycles. The zero-order valence-corrected chi connectivity index (χ0v) is 16.7. The van der Waals surface area contributed by atoms with Gasteiger partial charge in [0.2, 0.25) is 0 Å². The molecule has 2 N–H and O–H groups in total. The van der Waals surface area contributed by atoms with E-state index in [0.29, 0.717) is 0 Å². The van der Waals surface area contributed by atoms with Crippen molar-refractivity contribution >= 4 is 11.6 Å². The quantitative estimate of drug-likeness (QED) is 0.392. The number of H-pyrrole nitrogens is 1. The summed E-state index contributed by atoms with van der Waals surface area (Å²) in [6.45, 7) is 3.08. The Morgan fingerprint density at radius 3 is 2.56 bits per heavy atom. The highest BCUT2D eigenvalue weighted by molar-refractivity contribution is 6.33. The number of benzene rings is 2. The van der Waals surface area contributed by atoms with E-state index in [9.17, 15) is 0 Å². The van der Waals surface area contributed by atoms with Crippen molar-refractivity contribution in [2.24, 2.45) is 0 Å². The van der Waals surface area contributed by atoms with Crippen molar-refractivity contribution in [2.75, 3.05) is 0 Å². The number of nitrogens with zero attached hydrogens (tertiary/aromatic N) is 1. The summed E-state index contributed by atoms with van der Waals surface area (Å²) in [4.78, 5) is 8.23. The summed E-state index contributed by atoms with van der Waals surface area (Å²) >= 11 is 6.34. The van der Waals surface area contributed by atoms with Crippen LogP contribution in [-0.4, -0.2) is 9.97 Å². The van der Waals surface area contributed by atoms with Crippen LogP contribution in [0, 0.1) is 0 Å². The van der Waals surface area contributed by atoms with Gasteiger partial charge in [-0.1, -0.05) is 92.7 Å². The summed E-state index contributed by atoms with van der Waals surface area (Å²) in [5.41, 5.74) is 3.15. The van der Waals surface area contributed by atoms with E-state index in [-0.39, 0.29) is 6.04 Å². The minimum Gasteiger partial charge on any atom is -0.347 e. The Morgan fingerprint density at radius 2 is 1.78 bits per heavy atom. The van der Waals surface area contributed by atoms with Gasteiger partial charge < -0.3 is 10.3 Å². The standard InChI is InChI=1S/C23H28ClN3/c1-2-3-4-8-15-21(25-16-18-11-6-5-7-12-18)23-26-17-22(27-23)19-13-9-10-14-20(19)24/h5-7,9-14,17,21,25H,2-4,8,15-16H2,1H3,(H,26,27). The summed E-state index contributed by atoms with van der Waals surface area (Å²) in [7, 11) is 0. The molecule has 1 aromatic heterocycles. The Morgan fingerprint density at radius 1 is 1.00 bits per heavy atom. The van der Waals surface area contributed by atoms with Gasteiger partial charge in [-0.3, -0.25) is 0 Å². The molecule has 0 aliphatic rings. The zero-order chi connectivity index (χ0) is 18.9. The van der Waals surface area contributed by atoms with E-state index in [1.165, 1.54) is 31.2 Å². The molecule has 3 rings (SSSR count). The van der Waals surface area contributed by atoms with E-state index < -0.39 is 0 Å². The van der Waals surface area contributed by atoms with Crippen molar-refractivity contribution in [3.05, 3.63) is 77.2 Å². The first-order chi connectivity index (χ1) is 13.3. The first kappa shape index (κ1) is 19.7. The number of aromatic amines is 1. The molecule has 0 bridgehead atoms. The van der Waals surface area contributed by atoms with E-state index >= 15 is 0 Å². The first-order valence-electron chi connectivity index (χ1n) is 9.85. The van der Waals surface area contributed by atoms with Gasteiger partial charge in [-0.05, 0) is 18.1 Å². The Labute approximate surface area is 167 Å². The van der Waals surface area contributed by atoms with Gasteiger partial charge >= 0.3 is 0 Å². The summed E-state index contributed by atoms with van der Waals surface area (Å²) < 4.78 is 0. The molecule has 0 saturated carbocycles. The molecule has 142 valence electrons. The normalized spacial score (nSPS) is 12.2. The summed E-state index contributed by atoms with van der Waals surface area (Å²) in [5, 5.41) is 4.41. The predicted molar refractivity (Wildman–Crippen MR) is 114 cm³/mol. The van der Waals surface area contributed by atoms with Crippen molar-refractivity contribution in [1.29, 1.82) is 0 Å². The van der Waals surface area contributed by atoms with Crippen LogP contribution in [0.3, 0.4) is 0 Å². The fraction of sp³-hybridized carbons (Fsp3) is 0.348. The van der Waals surface area contributed by atoms with Gasteiger partial charge in [0, 0.05) is 18.3 Å². The van der Waals surface area contributed by atoms with Crippen LogP contribution in [0.4, 0.5) is 0 Å². The Hall–Kier alpha value is -2.10. The second-order valence-electron chi connectivity index (χ2n) is 6.92. The fourth-order valence-corrected chi connectivity index (χ4v) is 3.50. The molecule has 4 heteroatoms. The van der Waals surface area contributed by atoms with E-state index in [4.69, 9.17) is 16.6 Å². The third-order valence-corrected chi connectivity index (χ3v) is 5.15.